The Bertz CT molecular complexity index is 3150. The van der Waals surface area contributed by atoms with E-state index in [1.54, 1.807) is 0 Å². The normalized spacial score (nSPS) is 17.4. The van der Waals surface area contributed by atoms with Gasteiger partial charge in [-0.1, -0.05) is 178 Å². The second-order valence-electron chi connectivity index (χ2n) is 16.3. The van der Waals surface area contributed by atoms with Crippen LogP contribution < -0.4 is 0 Å². The maximum atomic E-state index is 2.52. The summed E-state index contributed by atoms with van der Waals surface area (Å²) >= 11 is 2.05. The quantitative estimate of drug-likeness (QED) is 0.163. The van der Waals surface area contributed by atoms with Crippen molar-refractivity contribution in [2.75, 3.05) is 0 Å². The zero-order valence-electron chi connectivity index (χ0n) is 31.4. The molecule has 2 aliphatic carbocycles. The minimum atomic E-state index is -0.137. The first-order valence-electron chi connectivity index (χ1n) is 19.8. The Morgan fingerprint density at radius 3 is 1.82 bits per heavy atom. The van der Waals surface area contributed by atoms with E-state index in [-0.39, 0.29) is 5.41 Å². The summed E-state index contributed by atoms with van der Waals surface area (Å²) in [5.74, 6) is 0.446. The molecule has 2 atom stereocenters. The van der Waals surface area contributed by atoms with Crippen LogP contribution in [0.4, 0.5) is 0 Å². The van der Waals surface area contributed by atoms with Crippen LogP contribution in [-0.2, 0) is 5.41 Å². The molecule has 3 aliphatic rings. The van der Waals surface area contributed by atoms with Crippen LogP contribution in [0.2, 0.25) is 0 Å². The van der Waals surface area contributed by atoms with Gasteiger partial charge in [-0.25, -0.2) is 0 Å². The molecule has 0 N–H and O–H groups in total. The predicted molar refractivity (Wildman–Crippen MR) is 241 cm³/mol. The highest BCUT2D eigenvalue weighted by molar-refractivity contribution is 8.00. The summed E-state index contributed by atoms with van der Waals surface area (Å²) in [5.41, 5.74) is 14.6. The van der Waals surface area contributed by atoms with Gasteiger partial charge >= 0.3 is 0 Å². The van der Waals surface area contributed by atoms with Gasteiger partial charge in [-0.15, -0.1) is 11.8 Å². The molecule has 1 heterocycles. The smallest absolute Gasteiger partial charge is 0.0381 e. The Morgan fingerprint density at radius 2 is 1.05 bits per heavy atom. The SMILES string of the molecule is CC1(C)c2cc(-c3c4ccccc4c(-c4cccc(-c5ccc6ccccc6c5)c4)c4ccccc34)ccc2-c2c1ccc1ccc3c(c21)SC1C=CC=CC31. The van der Waals surface area contributed by atoms with Crippen molar-refractivity contribution in [1.29, 1.82) is 0 Å². The van der Waals surface area contributed by atoms with Gasteiger partial charge in [0, 0.05) is 26.9 Å². The van der Waals surface area contributed by atoms with Crippen molar-refractivity contribution in [1.82, 2.24) is 0 Å². The first kappa shape index (κ1) is 32.1. The van der Waals surface area contributed by atoms with Gasteiger partial charge in [-0.3, -0.25) is 0 Å². The molecule has 0 saturated carbocycles. The van der Waals surface area contributed by atoms with Crippen LogP contribution in [0.1, 0.15) is 36.5 Å². The number of hydrogen-bond acceptors (Lipinski definition) is 1. The zero-order chi connectivity index (χ0) is 37.1. The topological polar surface area (TPSA) is 0 Å². The molecule has 0 amide bonds. The van der Waals surface area contributed by atoms with Crippen LogP contribution >= 0.6 is 11.8 Å². The third-order valence-corrected chi connectivity index (χ3v) is 14.4. The maximum absolute atomic E-state index is 2.52. The maximum Gasteiger partial charge on any atom is 0.0381 e. The van der Waals surface area contributed by atoms with Crippen molar-refractivity contribution in [2.45, 2.75) is 35.3 Å². The number of rotatable bonds is 3. The molecule has 2 unspecified atom stereocenters. The van der Waals surface area contributed by atoms with Crippen LogP contribution in [0.25, 0.3) is 87.6 Å². The molecule has 0 fully saturated rings. The van der Waals surface area contributed by atoms with E-state index >= 15 is 0 Å². The van der Waals surface area contributed by atoms with Crippen molar-refractivity contribution >= 4 is 54.9 Å². The van der Waals surface area contributed by atoms with E-state index in [1.165, 1.54) is 109 Å². The lowest BCUT2D eigenvalue weighted by atomic mass is 9.80. The van der Waals surface area contributed by atoms with E-state index in [0.29, 0.717) is 11.2 Å². The number of thioether (sulfide) groups is 1. The summed E-state index contributed by atoms with van der Waals surface area (Å²) in [5, 5.41) is 10.9. The third kappa shape index (κ3) is 4.55. The highest BCUT2D eigenvalue weighted by atomic mass is 32.2. The number of hydrogen-bond donors (Lipinski definition) is 0. The minimum Gasteiger partial charge on any atom is -0.117 e. The van der Waals surface area contributed by atoms with E-state index in [9.17, 15) is 0 Å². The van der Waals surface area contributed by atoms with Crippen LogP contribution in [0.15, 0.2) is 187 Å². The lowest BCUT2D eigenvalue weighted by molar-refractivity contribution is 0.661. The average Bonchev–Trinajstić information content (AvgIpc) is 3.74. The summed E-state index contributed by atoms with van der Waals surface area (Å²) in [7, 11) is 0. The Kier molecular flexibility index (Phi) is 6.84. The van der Waals surface area contributed by atoms with E-state index in [1.807, 2.05) is 0 Å². The lowest BCUT2D eigenvalue weighted by Gasteiger charge is -2.23. The van der Waals surface area contributed by atoms with Crippen LogP contribution in [0, 0.1) is 0 Å². The lowest BCUT2D eigenvalue weighted by Crippen LogP contribution is -2.15. The summed E-state index contributed by atoms with van der Waals surface area (Å²) in [4.78, 5) is 1.47. The molecule has 0 spiro atoms. The summed E-state index contributed by atoms with van der Waals surface area (Å²) in [6, 6.07) is 59.5. The van der Waals surface area contributed by atoms with Crippen molar-refractivity contribution < 1.29 is 0 Å². The fourth-order valence-corrected chi connectivity index (χ4v) is 11.8. The molecule has 264 valence electrons. The molecular formula is C55H38S. The second kappa shape index (κ2) is 11.9. The highest BCUT2D eigenvalue weighted by Gasteiger charge is 2.40. The van der Waals surface area contributed by atoms with Gasteiger partial charge < -0.3 is 0 Å². The van der Waals surface area contributed by atoms with Crippen LogP contribution in [0.5, 0.6) is 0 Å². The van der Waals surface area contributed by atoms with Gasteiger partial charge in [-0.05, 0) is 117 Å². The molecule has 56 heavy (non-hydrogen) atoms. The zero-order valence-corrected chi connectivity index (χ0v) is 32.2. The molecule has 0 bridgehead atoms. The monoisotopic (exact) mass is 730 g/mol. The fraction of sp³-hybridized carbons (Fsp3) is 0.0909. The van der Waals surface area contributed by atoms with Gasteiger partial charge in [0.25, 0.3) is 0 Å². The van der Waals surface area contributed by atoms with Gasteiger partial charge in [-0.2, -0.15) is 0 Å². The molecule has 0 radical (unpaired) electrons. The standard InChI is InChI=1S/C55H38S/c1-55(2)47-29-26-34-24-27-45-40-16-9-10-21-49(40)56-54(45)52(34)53(47)46-28-25-39(32-48(46)55)51-43-19-7-5-17-41(43)50(42-18-6-8-20-44(42)51)38-15-11-14-36(31-38)37-23-22-33-12-3-4-13-35(33)30-37/h3-32,40,49H,1-2H3. The average molecular weight is 731 g/mol. The molecule has 9 aromatic rings. The second-order valence-corrected chi connectivity index (χ2v) is 17.5. The van der Waals surface area contributed by atoms with E-state index in [0.717, 1.165) is 0 Å². The van der Waals surface area contributed by atoms with Crippen molar-refractivity contribution in [3.05, 3.63) is 199 Å². The molecule has 0 nitrogen and oxygen atoms in total. The Morgan fingerprint density at radius 1 is 0.446 bits per heavy atom. The number of benzene rings is 9. The third-order valence-electron chi connectivity index (χ3n) is 13.0. The van der Waals surface area contributed by atoms with Crippen molar-refractivity contribution in [3.8, 4) is 44.5 Å². The van der Waals surface area contributed by atoms with Gasteiger partial charge in [0.15, 0.2) is 0 Å². The first-order valence-corrected chi connectivity index (χ1v) is 20.7. The number of fused-ring (bicyclic) bond motifs is 12. The highest BCUT2D eigenvalue weighted by Crippen LogP contribution is 2.58. The molecule has 9 aromatic carbocycles. The van der Waals surface area contributed by atoms with E-state index < -0.39 is 0 Å². The van der Waals surface area contributed by atoms with Crippen molar-refractivity contribution in [2.24, 2.45) is 0 Å². The summed E-state index contributed by atoms with van der Waals surface area (Å²) in [6.07, 6.45) is 9.22. The van der Waals surface area contributed by atoms with Crippen LogP contribution in [0.3, 0.4) is 0 Å². The van der Waals surface area contributed by atoms with E-state index in [2.05, 4.69) is 208 Å². The number of allylic oxidation sites excluding steroid dienone is 3. The summed E-state index contributed by atoms with van der Waals surface area (Å²) in [6.45, 7) is 4.85. The van der Waals surface area contributed by atoms with Gasteiger partial charge in [0.05, 0.1) is 0 Å². The van der Waals surface area contributed by atoms with Crippen LogP contribution in [-0.4, -0.2) is 5.25 Å². The molecule has 12 rings (SSSR count). The Balaban J connectivity index is 1.05. The van der Waals surface area contributed by atoms with Gasteiger partial charge in [0.2, 0.25) is 0 Å². The molecule has 1 heteroatoms. The first-order chi connectivity index (χ1) is 27.5. The largest absolute Gasteiger partial charge is 0.117 e. The minimum absolute atomic E-state index is 0.137. The molecule has 0 aromatic heterocycles. The fourth-order valence-electron chi connectivity index (χ4n) is 10.3. The Labute approximate surface area is 331 Å². The van der Waals surface area contributed by atoms with Gasteiger partial charge in [0.1, 0.15) is 0 Å². The molecular weight excluding hydrogens is 693 g/mol. The molecule has 1 aliphatic heterocycles. The van der Waals surface area contributed by atoms with Crippen molar-refractivity contribution in [3.63, 3.8) is 0 Å². The predicted octanol–water partition coefficient (Wildman–Crippen LogP) is 15.3. The summed E-state index contributed by atoms with van der Waals surface area (Å²) < 4.78 is 0. The molecule has 0 saturated heterocycles. The Hall–Kier alpha value is -6.15. The van der Waals surface area contributed by atoms with E-state index in [4.69, 9.17) is 0 Å².